The molecule has 0 fully saturated rings. The Labute approximate surface area is 141 Å². The summed E-state index contributed by atoms with van der Waals surface area (Å²) in [4.78, 5) is 12.2. The molecule has 0 spiro atoms. The number of aromatic nitrogens is 2. The maximum absolute atomic E-state index is 12.2. The van der Waals surface area contributed by atoms with E-state index in [1.807, 2.05) is 20.8 Å². The molecule has 2 aromatic rings. The number of carbonyl (C=O) groups is 1. The van der Waals surface area contributed by atoms with Crippen molar-refractivity contribution in [3.8, 4) is 0 Å². The molecule has 5 nitrogen and oxygen atoms in total. The van der Waals surface area contributed by atoms with Crippen LogP contribution in [0, 0.1) is 19.8 Å². The fraction of sp³-hybridized carbons (Fsp3) is 0.412. The van der Waals surface area contributed by atoms with Crippen molar-refractivity contribution in [1.29, 1.82) is 0 Å². The van der Waals surface area contributed by atoms with E-state index in [0.29, 0.717) is 11.4 Å². The summed E-state index contributed by atoms with van der Waals surface area (Å²) in [5, 5.41) is 20.6. The van der Waals surface area contributed by atoms with E-state index in [-0.39, 0.29) is 18.4 Å². The van der Waals surface area contributed by atoms with Crippen LogP contribution in [0.1, 0.15) is 35.5 Å². The van der Waals surface area contributed by atoms with Gasteiger partial charge in [-0.3, -0.25) is 9.89 Å². The monoisotopic (exact) mass is 335 g/mol. The van der Waals surface area contributed by atoms with E-state index < -0.39 is 6.10 Å². The predicted molar refractivity (Wildman–Crippen MR) is 90.4 cm³/mol. The molecule has 124 valence electrons. The molecule has 0 radical (unpaired) electrons. The van der Waals surface area contributed by atoms with Gasteiger partial charge in [0.1, 0.15) is 0 Å². The van der Waals surface area contributed by atoms with E-state index >= 15 is 0 Å². The predicted octanol–water partition coefficient (Wildman–Crippen LogP) is 2.71. The first-order valence-corrected chi connectivity index (χ1v) is 7.98. The van der Waals surface area contributed by atoms with Crippen LogP contribution in [0.3, 0.4) is 0 Å². The second-order valence-corrected chi connectivity index (χ2v) is 6.27. The van der Waals surface area contributed by atoms with Gasteiger partial charge in [-0.05, 0) is 43.5 Å². The highest BCUT2D eigenvalue weighted by Crippen LogP contribution is 2.17. The topological polar surface area (TPSA) is 78.0 Å². The molecule has 0 saturated carbocycles. The first-order valence-electron chi connectivity index (χ1n) is 7.60. The number of nitrogens with zero attached hydrogens (tertiary/aromatic N) is 1. The summed E-state index contributed by atoms with van der Waals surface area (Å²) in [5.41, 5.74) is 3.71. The quantitative estimate of drug-likeness (QED) is 0.759. The second kappa shape index (κ2) is 7.62. The molecule has 2 atom stereocenters. The van der Waals surface area contributed by atoms with Gasteiger partial charge in [0.05, 0.1) is 11.8 Å². The Balaban J connectivity index is 1.87. The van der Waals surface area contributed by atoms with E-state index in [4.69, 9.17) is 11.6 Å². The molecule has 6 heteroatoms. The molecule has 2 rings (SSSR count). The van der Waals surface area contributed by atoms with Gasteiger partial charge in [-0.25, -0.2) is 0 Å². The Bertz CT molecular complexity index is 647. The van der Waals surface area contributed by atoms with Crippen molar-refractivity contribution in [2.75, 3.05) is 6.54 Å². The van der Waals surface area contributed by atoms with E-state index in [0.717, 1.165) is 22.5 Å². The summed E-state index contributed by atoms with van der Waals surface area (Å²) in [6.45, 7) is 5.92. The van der Waals surface area contributed by atoms with Crippen molar-refractivity contribution < 1.29 is 9.90 Å². The highest BCUT2D eigenvalue weighted by atomic mass is 35.5. The number of benzene rings is 1. The van der Waals surface area contributed by atoms with Crippen LogP contribution in [0.4, 0.5) is 0 Å². The Morgan fingerprint density at radius 3 is 2.57 bits per heavy atom. The number of aliphatic hydroxyl groups excluding tert-OH is 1. The minimum absolute atomic E-state index is 0.0852. The third kappa shape index (κ3) is 4.56. The number of hydrogen-bond donors (Lipinski definition) is 3. The van der Waals surface area contributed by atoms with Crippen LogP contribution in [0.15, 0.2) is 24.3 Å². The van der Waals surface area contributed by atoms with E-state index in [2.05, 4.69) is 15.5 Å². The van der Waals surface area contributed by atoms with Gasteiger partial charge in [0.2, 0.25) is 5.91 Å². The molecule has 0 aliphatic rings. The molecule has 0 aliphatic heterocycles. The zero-order valence-corrected chi connectivity index (χ0v) is 14.3. The fourth-order valence-corrected chi connectivity index (χ4v) is 2.57. The lowest BCUT2D eigenvalue weighted by molar-refractivity contribution is -0.124. The van der Waals surface area contributed by atoms with Gasteiger partial charge < -0.3 is 10.4 Å². The lowest BCUT2D eigenvalue weighted by atomic mass is 9.99. The van der Waals surface area contributed by atoms with Crippen molar-refractivity contribution in [2.45, 2.75) is 33.3 Å². The average Bonchev–Trinajstić information content (AvgIpc) is 2.84. The molecule has 23 heavy (non-hydrogen) atoms. The number of nitrogens with one attached hydrogen (secondary N) is 2. The zero-order chi connectivity index (χ0) is 17.0. The molecular formula is C17H22ClN3O2. The van der Waals surface area contributed by atoms with E-state index in [1.54, 1.807) is 24.3 Å². The Kier molecular flexibility index (Phi) is 5.80. The number of H-pyrrole nitrogens is 1. The van der Waals surface area contributed by atoms with Crippen molar-refractivity contribution in [3.63, 3.8) is 0 Å². The second-order valence-electron chi connectivity index (χ2n) is 5.83. The van der Waals surface area contributed by atoms with Crippen molar-refractivity contribution in [3.05, 3.63) is 51.8 Å². The number of carbonyl (C=O) groups excluding carboxylic acids is 1. The lowest BCUT2D eigenvalue weighted by Crippen LogP contribution is -2.33. The summed E-state index contributed by atoms with van der Waals surface area (Å²) >= 11 is 5.82. The molecule has 3 N–H and O–H groups in total. The molecule has 1 amide bonds. The first kappa shape index (κ1) is 17.5. The number of aliphatic hydroxyl groups is 1. The molecule has 0 saturated heterocycles. The molecule has 1 aromatic carbocycles. The van der Waals surface area contributed by atoms with Gasteiger partial charge >= 0.3 is 0 Å². The molecule has 2 unspecified atom stereocenters. The molecular weight excluding hydrogens is 314 g/mol. The van der Waals surface area contributed by atoms with Crippen molar-refractivity contribution in [1.82, 2.24) is 15.5 Å². The molecule has 1 aromatic heterocycles. The number of rotatable bonds is 6. The fourth-order valence-electron chi connectivity index (χ4n) is 2.45. The van der Waals surface area contributed by atoms with Gasteiger partial charge in [0.15, 0.2) is 0 Å². The molecule has 0 aliphatic carbocycles. The number of aromatic amines is 1. The standard InChI is InChI=1S/C17H22ClN3O2/c1-10(8-15-11(2)20-21-12(15)3)17(23)19-9-16(22)13-4-6-14(18)7-5-13/h4-7,10,16,22H,8-9H2,1-3H3,(H,19,23)(H,20,21). The Morgan fingerprint density at radius 2 is 2.00 bits per heavy atom. The van der Waals surface area contributed by atoms with E-state index in [9.17, 15) is 9.90 Å². The minimum Gasteiger partial charge on any atom is -0.387 e. The van der Waals surface area contributed by atoms with Crippen LogP contribution in [0.5, 0.6) is 0 Å². The van der Waals surface area contributed by atoms with Gasteiger partial charge in [-0.15, -0.1) is 0 Å². The molecule has 1 heterocycles. The van der Waals surface area contributed by atoms with Crippen LogP contribution in [0.2, 0.25) is 5.02 Å². The van der Waals surface area contributed by atoms with Crippen LogP contribution in [-0.4, -0.2) is 27.8 Å². The van der Waals surface area contributed by atoms with Gasteiger partial charge in [-0.2, -0.15) is 5.10 Å². The van der Waals surface area contributed by atoms with Crippen molar-refractivity contribution in [2.24, 2.45) is 5.92 Å². The lowest BCUT2D eigenvalue weighted by Gasteiger charge is -2.16. The van der Waals surface area contributed by atoms with Gasteiger partial charge in [0.25, 0.3) is 0 Å². The van der Waals surface area contributed by atoms with Crippen LogP contribution < -0.4 is 5.32 Å². The van der Waals surface area contributed by atoms with E-state index in [1.165, 1.54) is 0 Å². The number of aryl methyl sites for hydroxylation is 2. The maximum Gasteiger partial charge on any atom is 0.223 e. The number of halogens is 1. The molecule has 0 bridgehead atoms. The minimum atomic E-state index is -0.749. The first-order chi connectivity index (χ1) is 10.9. The third-order valence-corrected chi connectivity index (χ3v) is 4.22. The zero-order valence-electron chi connectivity index (χ0n) is 13.6. The van der Waals surface area contributed by atoms with Crippen LogP contribution in [-0.2, 0) is 11.2 Å². The summed E-state index contributed by atoms with van der Waals surface area (Å²) < 4.78 is 0. The van der Waals surface area contributed by atoms with Crippen LogP contribution >= 0.6 is 11.6 Å². The highest BCUT2D eigenvalue weighted by molar-refractivity contribution is 6.30. The Morgan fingerprint density at radius 1 is 1.35 bits per heavy atom. The SMILES string of the molecule is Cc1n[nH]c(C)c1CC(C)C(=O)NCC(O)c1ccc(Cl)cc1. The summed E-state index contributed by atoms with van der Waals surface area (Å²) in [7, 11) is 0. The maximum atomic E-state index is 12.2. The van der Waals surface area contributed by atoms with Gasteiger partial charge in [0, 0.05) is 23.2 Å². The van der Waals surface area contributed by atoms with Crippen molar-refractivity contribution >= 4 is 17.5 Å². The van der Waals surface area contributed by atoms with Crippen LogP contribution in [0.25, 0.3) is 0 Å². The normalized spacial score (nSPS) is 13.6. The Hall–Kier alpha value is -1.85. The average molecular weight is 336 g/mol. The summed E-state index contributed by atoms with van der Waals surface area (Å²) in [6, 6.07) is 6.94. The largest absolute Gasteiger partial charge is 0.387 e. The van der Waals surface area contributed by atoms with Gasteiger partial charge in [-0.1, -0.05) is 30.7 Å². The summed E-state index contributed by atoms with van der Waals surface area (Å²) in [5.74, 6) is -0.277. The number of hydrogen-bond acceptors (Lipinski definition) is 3. The smallest absolute Gasteiger partial charge is 0.223 e. The number of amides is 1. The highest BCUT2D eigenvalue weighted by Gasteiger charge is 2.18. The summed E-state index contributed by atoms with van der Waals surface area (Å²) in [6.07, 6.45) is -0.127. The third-order valence-electron chi connectivity index (χ3n) is 3.96.